The maximum Gasteiger partial charge on any atom is 0.312 e. The summed E-state index contributed by atoms with van der Waals surface area (Å²) < 4.78 is 6.87. The van der Waals surface area contributed by atoms with Crippen molar-refractivity contribution in [3.63, 3.8) is 0 Å². The molecule has 0 aliphatic carbocycles. The molecule has 2 heterocycles. The first-order chi connectivity index (χ1) is 7.31. The summed E-state index contributed by atoms with van der Waals surface area (Å²) in [7, 11) is 0. The fourth-order valence-electron chi connectivity index (χ4n) is 1.74. The highest BCUT2D eigenvalue weighted by molar-refractivity contribution is 5.72. The molecule has 0 radical (unpaired) electrons. The number of hydrogen-bond acceptors (Lipinski definition) is 4. The van der Waals surface area contributed by atoms with Gasteiger partial charge in [-0.15, -0.1) is 0 Å². The van der Waals surface area contributed by atoms with Gasteiger partial charge in [-0.1, -0.05) is 0 Å². The van der Waals surface area contributed by atoms with Gasteiger partial charge in [0.15, 0.2) is 0 Å². The van der Waals surface area contributed by atoms with Gasteiger partial charge in [0.2, 0.25) is 0 Å². The van der Waals surface area contributed by atoms with Gasteiger partial charge in [-0.3, -0.25) is 9.48 Å². The minimum atomic E-state index is -0.145. The fraction of sp³-hybridized carbons (Fsp3) is 0.600. The highest BCUT2D eigenvalue weighted by Gasteiger charge is 2.23. The molecule has 82 valence electrons. The number of hydrogen-bond donors (Lipinski definition) is 1. The van der Waals surface area contributed by atoms with Gasteiger partial charge < -0.3 is 10.1 Å². The van der Waals surface area contributed by atoms with Gasteiger partial charge in [-0.2, -0.15) is 5.10 Å². The van der Waals surface area contributed by atoms with Crippen molar-refractivity contribution in [2.45, 2.75) is 20.0 Å². The summed E-state index contributed by atoms with van der Waals surface area (Å²) in [5, 5.41) is 7.40. The minimum absolute atomic E-state index is 0.133. The zero-order chi connectivity index (χ0) is 10.7. The zero-order valence-electron chi connectivity index (χ0n) is 8.77. The van der Waals surface area contributed by atoms with E-state index in [0.717, 1.165) is 12.2 Å². The van der Waals surface area contributed by atoms with Crippen LogP contribution in [-0.4, -0.2) is 28.9 Å². The average Bonchev–Trinajstić information content (AvgIpc) is 2.56. The second-order valence-corrected chi connectivity index (χ2v) is 3.58. The van der Waals surface area contributed by atoms with E-state index < -0.39 is 0 Å². The van der Waals surface area contributed by atoms with Gasteiger partial charge in [-0.25, -0.2) is 0 Å². The lowest BCUT2D eigenvalue weighted by molar-refractivity contribution is -0.148. The molecule has 5 nitrogen and oxygen atoms in total. The Kier molecular flexibility index (Phi) is 3.01. The number of rotatable bonds is 2. The number of esters is 1. The third kappa shape index (κ3) is 2.18. The third-order valence-electron chi connectivity index (χ3n) is 2.51. The first-order valence-corrected chi connectivity index (χ1v) is 5.19. The maximum atomic E-state index is 11.6. The van der Waals surface area contributed by atoms with Crippen LogP contribution in [0.3, 0.4) is 0 Å². The van der Waals surface area contributed by atoms with Crippen molar-refractivity contribution >= 4 is 5.97 Å². The van der Waals surface area contributed by atoms with Crippen LogP contribution in [0.1, 0.15) is 12.6 Å². The molecule has 0 unspecified atom stereocenters. The van der Waals surface area contributed by atoms with Crippen molar-refractivity contribution in [2.75, 3.05) is 13.2 Å². The van der Waals surface area contributed by atoms with Gasteiger partial charge in [0, 0.05) is 19.3 Å². The van der Waals surface area contributed by atoms with Crippen molar-refractivity contribution in [1.29, 1.82) is 0 Å². The summed E-state index contributed by atoms with van der Waals surface area (Å²) in [6.07, 6.45) is 1.75. The van der Waals surface area contributed by atoms with Crippen molar-refractivity contribution < 1.29 is 9.53 Å². The predicted octanol–water partition coefficient (Wildman–Crippen LogP) is 0.166. The number of aromatic nitrogens is 2. The molecule has 2 rings (SSSR count). The molecule has 0 spiro atoms. The summed E-state index contributed by atoms with van der Waals surface area (Å²) in [6, 6.07) is 1.96. The van der Waals surface area contributed by atoms with Crippen LogP contribution in [-0.2, 0) is 22.6 Å². The van der Waals surface area contributed by atoms with Crippen LogP contribution in [0.2, 0.25) is 0 Å². The van der Waals surface area contributed by atoms with Gasteiger partial charge in [0.05, 0.1) is 24.8 Å². The van der Waals surface area contributed by atoms with Crippen molar-refractivity contribution in [1.82, 2.24) is 15.1 Å². The largest absolute Gasteiger partial charge is 0.466 e. The number of fused-ring (bicyclic) bond motifs is 1. The lowest BCUT2D eigenvalue weighted by Gasteiger charge is -2.12. The molecule has 1 aliphatic heterocycles. The molecule has 0 aromatic carbocycles. The maximum absolute atomic E-state index is 11.6. The second kappa shape index (κ2) is 4.44. The Morgan fingerprint density at radius 1 is 1.80 bits per heavy atom. The smallest absolute Gasteiger partial charge is 0.312 e. The van der Waals surface area contributed by atoms with Gasteiger partial charge in [-0.05, 0) is 13.0 Å². The molecule has 1 N–H and O–H groups in total. The number of ether oxygens (including phenoxy) is 1. The standard InChI is InChI=1S/C10H15N3O2/c1-2-15-10(14)8-5-11-6-9-3-4-12-13(9)7-8/h3-4,8,11H,2,5-7H2,1H3/t8-/m1/s1. The molecule has 1 aromatic heterocycles. The average molecular weight is 209 g/mol. The van der Waals surface area contributed by atoms with Crippen molar-refractivity contribution in [2.24, 2.45) is 5.92 Å². The Labute approximate surface area is 88.4 Å². The summed E-state index contributed by atoms with van der Waals surface area (Å²) in [6.45, 7) is 4.27. The zero-order valence-corrected chi connectivity index (χ0v) is 8.77. The molecule has 0 bridgehead atoms. The van der Waals surface area contributed by atoms with E-state index in [1.807, 2.05) is 17.7 Å². The van der Waals surface area contributed by atoms with Crippen molar-refractivity contribution in [3.8, 4) is 0 Å². The Bertz CT molecular complexity index is 348. The Morgan fingerprint density at radius 3 is 3.47 bits per heavy atom. The van der Waals surface area contributed by atoms with Crippen LogP contribution >= 0.6 is 0 Å². The summed E-state index contributed by atoms with van der Waals surface area (Å²) in [4.78, 5) is 11.6. The molecule has 15 heavy (non-hydrogen) atoms. The SMILES string of the molecule is CCOC(=O)[C@@H]1CNCc2ccnn2C1. The molecule has 0 amide bonds. The summed E-state index contributed by atoms with van der Waals surface area (Å²) in [5.74, 6) is -0.278. The summed E-state index contributed by atoms with van der Waals surface area (Å²) in [5.41, 5.74) is 1.11. The van der Waals surface area contributed by atoms with Gasteiger partial charge in [0.25, 0.3) is 0 Å². The van der Waals surface area contributed by atoms with Gasteiger partial charge >= 0.3 is 5.97 Å². The number of carbonyl (C=O) groups is 1. The molecular weight excluding hydrogens is 194 g/mol. The Morgan fingerprint density at radius 2 is 2.67 bits per heavy atom. The first kappa shape index (κ1) is 10.2. The van der Waals surface area contributed by atoms with E-state index in [9.17, 15) is 4.79 Å². The lowest BCUT2D eigenvalue weighted by Crippen LogP contribution is -2.30. The van der Waals surface area contributed by atoms with Crippen molar-refractivity contribution in [3.05, 3.63) is 18.0 Å². The first-order valence-electron chi connectivity index (χ1n) is 5.19. The third-order valence-corrected chi connectivity index (χ3v) is 2.51. The van der Waals surface area contributed by atoms with Crippen LogP contribution in [0, 0.1) is 5.92 Å². The molecule has 0 saturated carbocycles. The highest BCUT2D eigenvalue weighted by Crippen LogP contribution is 2.10. The Hall–Kier alpha value is -1.36. The van der Waals surface area contributed by atoms with Crippen LogP contribution < -0.4 is 5.32 Å². The van der Waals surface area contributed by atoms with Gasteiger partial charge in [0.1, 0.15) is 0 Å². The molecule has 5 heteroatoms. The number of carbonyl (C=O) groups excluding carboxylic acids is 1. The molecule has 0 saturated heterocycles. The monoisotopic (exact) mass is 209 g/mol. The van der Waals surface area contributed by atoms with E-state index in [2.05, 4.69) is 10.4 Å². The van der Waals surface area contributed by atoms with Crippen LogP contribution in [0.25, 0.3) is 0 Å². The van der Waals surface area contributed by atoms with E-state index in [4.69, 9.17) is 4.74 Å². The van der Waals surface area contributed by atoms with Crippen LogP contribution in [0.15, 0.2) is 12.3 Å². The topological polar surface area (TPSA) is 56.1 Å². The minimum Gasteiger partial charge on any atom is -0.466 e. The second-order valence-electron chi connectivity index (χ2n) is 3.58. The number of nitrogens with zero attached hydrogens (tertiary/aromatic N) is 2. The Balaban J connectivity index is 2.08. The molecular formula is C10H15N3O2. The predicted molar refractivity (Wildman–Crippen MR) is 54.1 cm³/mol. The van der Waals surface area contributed by atoms with E-state index in [0.29, 0.717) is 19.7 Å². The normalized spacial score (nSPS) is 20.5. The summed E-state index contributed by atoms with van der Waals surface area (Å²) >= 11 is 0. The fourth-order valence-corrected chi connectivity index (χ4v) is 1.74. The molecule has 1 aliphatic rings. The molecule has 1 aromatic rings. The van der Waals surface area contributed by atoms with E-state index in [-0.39, 0.29) is 11.9 Å². The van der Waals surface area contributed by atoms with Crippen LogP contribution in [0.5, 0.6) is 0 Å². The van der Waals surface area contributed by atoms with E-state index >= 15 is 0 Å². The lowest BCUT2D eigenvalue weighted by atomic mass is 10.1. The molecule has 0 fully saturated rings. The highest BCUT2D eigenvalue weighted by atomic mass is 16.5. The quantitative estimate of drug-likeness (QED) is 0.705. The van der Waals surface area contributed by atoms with E-state index in [1.54, 1.807) is 6.20 Å². The number of nitrogens with one attached hydrogen (secondary N) is 1. The van der Waals surface area contributed by atoms with E-state index in [1.165, 1.54) is 0 Å². The molecule has 1 atom stereocenters. The van der Waals surface area contributed by atoms with Crippen LogP contribution in [0.4, 0.5) is 0 Å².